The van der Waals surface area contributed by atoms with Gasteiger partial charge < -0.3 is 24.3 Å². The Morgan fingerprint density at radius 2 is 1.85 bits per heavy atom. The lowest BCUT2D eigenvalue weighted by atomic mass is 9.75. The molecular formula is C33H47BFN4O8. The van der Waals surface area contributed by atoms with E-state index in [4.69, 9.17) is 14.1 Å². The van der Waals surface area contributed by atoms with Crippen LogP contribution in [0.15, 0.2) is 18.2 Å². The summed E-state index contributed by atoms with van der Waals surface area (Å²) in [6.45, 7) is 7.90. The van der Waals surface area contributed by atoms with Crippen LogP contribution < -0.4 is 5.32 Å². The Morgan fingerprint density at radius 1 is 1.11 bits per heavy atom. The quantitative estimate of drug-likeness (QED) is 0.251. The van der Waals surface area contributed by atoms with Crippen molar-refractivity contribution in [2.45, 2.75) is 122 Å². The number of hydrogen-bond donors (Lipinski definition) is 2. The fourth-order valence-corrected chi connectivity index (χ4v) is 7.09. The second-order valence-electron chi connectivity index (χ2n) is 14.2. The third-order valence-corrected chi connectivity index (χ3v) is 9.82. The highest BCUT2D eigenvalue weighted by molar-refractivity contribution is 6.30. The number of fused-ring (bicyclic) bond motifs is 1. The predicted octanol–water partition coefficient (Wildman–Crippen LogP) is 4.33. The van der Waals surface area contributed by atoms with Gasteiger partial charge in [0, 0.05) is 25.1 Å². The van der Waals surface area contributed by atoms with E-state index in [0.29, 0.717) is 29.2 Å². The molecule has 5 unspecified atom stereocenters. The zero-order valence-corrected chi connectivity index (χ0v) is 27.8. The minimum atomic E-state index is -1.19. The van der Waals surface area contributed by atoms with E-state index in [1.165, 1.54) is 23.3 Å². The van der Waals surface area contributed by atoms with Crippen molar-refractivity contribution in [3.05, 3.63) is 35.1 Å². The fraction of sp³-hybridized carbons (Fsp3) is 0.697. The van der Waals surface area contributed by atoms with E-state index in [1.807, 2.05) is 6.92 Å². The van der Waals surface area contributed by atoms with Gasteiger partial charge in [-0.05, 0) is 61.5 Å². The average molecular weight is 658 g/mol. The van der Waals surface area contributed by atoms with Crippen LogP contribution in [-0.2, 0) is 36.8 Å². The number of benzene rings is 1. The number of amides is 4. The van der Waals surface area contributed by atoms with Crippen LogP contribution in [0.5, 0.6) is 0 Å². The average Bonchev–Trinajstić information content (AvgIpc) is 3.76. The van der Waals surface area contributed by atoms with Crippen LogP contribution >= 0.6 is 0 Å². The van der Waals surface area contributed by atoms with Gasteiger partial charge in [-0.3, -0.25) is 19.7 Å². The van der Waals surface area contributed by atoms with E-state index in [9.17, 15) is 28.8 Å². The van der Waals surface area contributed by atoms with E-state index < -0.39 is 59.4 Å². The smallest absolute Gasteiger partial charge is 0.410 e. The molecule has 1 aromatic carbocycles. The molecule has 0 spiro atoms. The molecule has 12 nitrogen and oxygen atoms in total. The minimum Gasteiger partial charge on any atom is -0.446 e. The van der Waals surface area contributed by atoms with Crippen molar-refractivity contribution in [2.75, 3.05) is 13.2 Å². The third kappa shape index (κ3) is 8.02. The van der Waals surface area contributed by atoms with Gasteiger partial charge in [0.05, 0.1) is 19.0 Å². The van der Waals surface area contributed by atoms with Crippen molar-refractivity contribution >= 4 is 31.5 Å². The molecule has 1 saturated carbocycles. The van der Waals surface area contributed by atoms with E-state index >= 15 is 0 Å². The summed E-state index contributed by atoms with van der Waals surface area (Å²) in [5.74, 6) is -2.49. The highest BCUT2D eigenvalue weighted by atomic mass is 19.1. The molecule has 0 aromatic heterocycles. The monoisotopic (exact) mass is 657 g/mol. The SMILES string of the molecule is CCC1CCCO[B]C1N(O)C(=O)C1CC(OC(=O)N2Cc3cccc(F)c3C2)CN1C(=O)C(NC(=O)OC1CCCC1)C(C)(C)C. The van der Waals surface area contributed by atoms with Gasteiger partial charge in [0.25, 0.3) is 5.91 Å². The fourth-order valence-electron chi connectivity index (χ4n) is 7.09. The largest absolute Gasteiger partial charge is 0.446 e. The maximum Gasteiger partial charge on any atom is 0.410 e. The van der Waals surface area contributed by atoms with Crippen molar-refractivity contribution in [1.29, 1.82) is 0 Å². The molecule has 0 bridgehead atoms. The Morgan fingerprint density at radius 3 is 2.53 bits per heavy atom. The van der Waals surface area contributed by atoms with Gasteiger partial charge in [-0.25, -0.2) is 19.0 Å². The molecule has 5 rings (SSSR count). The number of nitrogens with zero attached hydrogens (tertiary/aromatic N) is 3. The van der Waals surface area contributed by atoms with Crippen LogP contribution in [0.2, 0.25) is 0 Å². The van der Waals surface area contributed by atoms with Crippen LogP contribution in [0.1, 0.15) is 90.2 Å². The second-order valence-corrected chi connectivity index (χ2v) is 14.2. The van der Waals surface area contributed by atoms with E-state index in [0.717, 1.165) is 38.5 Å². The maximum absolute atomic E-state index is 14.4. The number of ether oxygens (including phenoxy) is 2. The second kappa shape index (κ2) is 14.8. The first-order chi connectivity index (χ1) is 22.4. The number of hydroxylamine groups is 2. The highest BCUT2D eigenvalue weighted by Gasteiger charge is 2.49. The predicted molar refractivity (Wildman–Crippen MR) is 168 cm³/mol. The van der Waals surface area contributed by atoms with Gasteiger partial charge >= 0.3 is 19.7 Å². The van der Waals surface area contributed by atoms with Gasteiger partial charge in [0.15, 0.2) is 0 Å². The first-order valence-electron chi connectivity index (χ1n) is 16.8. The molecule has 47 heavy (non-hydrogen) atoms. The standard InChI is InChI=1S/C33H47BFN4O8/c1-5-20-11-9-15-45-34-28(20)39(44)29(40)26-16-23(47-32(43)37-17-21-10-8-14-25(35)24(21)19-37)18-38(26)30(41)27(33(2,3)4)36-31(42)46-22-12-6-7-13-22/h8,10,14,20,22-23,26-28,44H,5-7,9,11-13,15-19H2,1-4H3,(H,36,42). The Kier molecular flexibility index (Phi) is 11.0. The molecule has 1 radical (unpaired) electrons. The molecule has 2 N–H and O–H groups in total. The van der Waals surface area contributed by atoms with E-state index in [-0.39, 0.29) is 38.1 Å². The molecule has 14 heteroatoms. The lowest BCUT2D eigenvalue weighted by molar-refractivity contribution is -0.180. The summed E-state index contributed by atoms with van der Waals surface area (Å²) in [5, 5.41) is 14.7. The highest BCUT2D eigenvalue weighted by Crippen LogP contribution is 2.32. The van der Waals surface area contributed by atoms with Crippen LogP contribution in [0.25, 0.3) is 0 Å². The summed E-state index contributed by atoms with van der Waals surface area (Å²) < 4.78 is 31.3. The van der Waals surface area contributed by atoms with Crippen molar-refractivity contribution in [2.24, 2.45) is 11.3 Å². The Bertz CT molecular complexity index is 1320. The number of carbonyl (C=O) groups is 4. The molecular weight excluding hydrogens is 610 g/mol. The third-order valence-electron chi connectivity index (χ3n) is 9.82. The van der Waals surface area contributed by atoms with Crippen molar-refractivity contribution in [1.82, 2.24) is 20.2 Å². The number of likely N-dealkylation sites (tertiary alicyclic amines) is 1. The van der Waals surface area contributed by atoms with E-state index in [1.54, 1.807) is 32.9 Å². The first-order valence-corrected chi connectivity index (χ1v) is 16.8. The lowest BCUT2D eigenvalue weighted by Gasteiger charge is -2.37. The van der Waals surface area contributed by atoms with Crippen LogP contribution in [0.4, 0.5) is 14.0 Å². The van der Waals surface area contributed by atoms with Gasteiger partial charge in [0.1, 0.15) is 30.1 Å². The van der Waals surface area contributed by atoms with Gasteiger partial charge in [-0.2, -0.15) is 0 Å². The number of rotatable bonds is 7. The number of halogens is 1. The Labute approximate surface area is 276 Å². The summed E-state index contributed by atoms with van der Waals surface area (Å²) >= 11 is 0. The Hall–Kier alpha value is -3.39. The zero-order valence-electron chi connectivity index (χ0n) is 27.8. The molecule has 257 valence electrons. The van der Waals surface area contributed by atoms with Gasteiger partial charge in [0.2, 0.25) is 5.91 Å². The molecule has 1 aliphatic carbocycles. The van der Waals surface area contributed by atoms with Crippen LogP contribution in [-0.4, -0.2) is 94.9 Å². The molecule has 3 heterocycles. The van der Waals surface area contributed by atoms with E-state index in [2.05, 4.69) is 5.32 Å². The number of hydrogen-bond acceptors (Lipinski definition) is 8. The summed E-state index contributed by atoms with van der Waals surface area (Å²) in [7, 11) is 1.47. The number of nitrogens with one attached hydrogen (secondary N) is 1. The van der Waals surface area contributed by atoms with Gasteiger partial charge in [-0.1, -0.05) is 46.2 Å². The topological polar surface area (TPSA) is 138 Å². The molecule has 4 amide bonds. The summed E-state index contributed by atoms with van der Waals surface area (Å²) in [4.78, 5) is 57.2. The van der Waals surface area contributed by atoms with Crippen molar-refractivity contribution in [3.8, 4) is 0 Å². The molecule has 4 aliphatic rings. The lowest BCUT2D eigenvalue weighted by Crippen LogP contribution is -2.59. The van der Waals surface area contributed by atoms with Crippen LogP contribution in [0.3, 0.4) is 0 Å². The van der Waals surface area contributed by atoms with Crippen LogP contribution in [0, 0.1) is 17.2 Å². The minimum absolute atomic E-state index is 0.0397. The van der Waals surface area contributed by atoms with Crippen molar-refractivity contribution in [3.63, 3.8) is 0 Å². The molecule has 5 atom stereocenters. The number of alkyl carbamates (subject to hydrolysis) is 1. The molecule has 3 aliphatic heterocycles. The normalized spacial score (nSPS) is 25.4. The zero-order chi connectivity index (χ0) is 33.9. The van der Waals surface area contributed by atoms with Crippen molar-refractivity contribution < 1.29 is 42.9 Å². The first kappa shape index (κ1) is 34.9. The Balaban J connectivity index is 1.35. The summed E-state index contributed by atoms with van der Waals surface area (Å²) in [6.07, 6.45) is 3.08. The summed E-state index contributed by atoms with van der Waals surface area (Å²) in [5.41, 5.74) is 0.326. The van der Waals surface area contributed by atoms with Gasteiger partial charge in [-0.15, -0.1) is 0 Å². The number of carbonyl (C=O) groups excluding carboxylic acids is 4. The molecule has 2 saturated heterocycles. The molecule has 1 aromatic rings. The maximum atomic E-state index is 14.4. The molecule has 3 fully saturated rings. The summed E-state index contributed by atoms with van der Waals surface area (Å²) in [6, 6.07) is 2.41.